The molecule has 2 aromatic rings. The Bertz CT molecular complexity index is 915. The van der Waals surface area contributed by atoms with E-state index in [1.165, 1.54) is 24.1 Å². The minimum atomic E-state index is 0.00569. The maximum Gasteiger partial charge on any atom is 0.227 e. The Hall–Kier alpha value is -2.90. The predicted molar refractivity (Wildman–Crippen MR) is 103 cm³/mol. The van der Waals surface area contributed by atoms with Crippen molar-refractivity contribution in [3.8, 4) is 0 Å². The zero-order valence-electron chi connectivity index (χ0n) is 15.3. The minimum Gasteiger partial charge on any atom is -0.352 e. The van der Waals surface area contributed by atoms with Crippen LogP contribution >= 0.6 is 0 Å². The first kappa shape index (κ1) is 16.3. The van der Waals surface area contributed by atoms with Crippen molar-refractivity contribution in [1.29, 1.82) is 0 Å². The number of nitrogens with one attached hydrogen (secondary N) is 3. The molecule has 8 heteroatoms. The van der Waals surface area contributed by atoms with Crippen LogP contribution in [0.15, 0.2) is 18.3 Å². The summed E-state index contributed by atoms with van der Waals surface area (Å²) < 4.78 is 0. The number of amides is 1. The summed E-state index contributed by atoms with van der Waals surface area (Å²) in [7, 11) is 0. The van der Waals surface area contributed by atoms with Crippen LogP contribution in [0.25, 0.3) is 5.57 Å². The Morgan fingerprint density at radius 1 is 1.33 bits per heavy atom. The third kappa shape index (κ3) is 3.51. The summed E-state index contributed by atoms with van der Waals surface area (Å²) in [5, 5.41) is 13.9. The Morgan fingerprint density at radius 2 is 2.19 bits per heavy atom. The van der Waals surface area contributed by atoms with Gasteiger partial charge in [0.2, 0.25) is 11.9 Å². The van der Waals surface area contributed by atoms with Crippen LogP contribution in [-0.4, -0.2) is 45.2 Å². The summed E-state index contributed by atoms with van der Waals surface area (Å²) in [6.45, 7) is 3.12. The first-order valence-corrected chi connectivity index (χ1v) is 9.56. The van der Waals surface area contributed by atoms with Crippen molar-refractivity contribution in [2.75, 3.05) is 23.3 Å². The Kier molecular flexibility index (Phi) is 3.84. The number of carbonyl (C=O) groups excluding carboxylic acids is 1. The van der Waals surface area contributed by atoms with Gasteiger partial charge in [0, 0.05) is 55.5 Å². The molecule has 2 fully saturated rings. The molecule has 2 aromatic heterocycles. The van der Waals surface area contributed by atoms with Crippen LogP contribution in [0.4, 0.5) is 17.6 Å². The van der Waals surface area contributed by atoms with E-state index in [1.54, 1.807) is 6.92 Å². The van der Waals surface area contributed by atoms with Crippen molar-refractivity contribution in [3.63, 3.8) is 0 Å². The average molecular weight is 365 g/mol. The maximum atomic E-state index is 11.3. The summed E-state index contributed by atoms with van der Waals surface area (Å²) in [6, 6.07) is 2.23. The zero-order chi connectivity index (χ0) is 18.4. The number of hydrogen-bond donors (Lipinski definition) is 3. The SMILES string of the molecule is CC(=O)NC1CCN(c2ncc(C3=CC3)c(Nc3cc(C4CC4)[nH]n3)n2)C1. The first-order valence-electron chi connectivity index (χ1n) is 9.56. The molecule has 1 saturated heterocycles. The average Bonchev–Trinajstić information content (AvgIpc) is 3.57. The smallest absolute Gasteiger partial charge is 0.227 e. The highest BCUT2D eigenvalue weighted by atomic mass is 16.1. The molecule has 1 unspecified atom stereocenters. The van der Waals surface area contributed by atoms with E-state index in [4.69, 9.17) is 4.98 Å². The van der Waals surface area contributed by atoms with Crippen molar-refractivity contribution < 1.29 is 4.79 Å². The fourth-order valence-corrected chi connectivity index (χ4v) is 3.60. The van der Waals surface area contributed by atoms with Gasteiger partial charge in [-0.05, 0) is 31.3 Å². The molecule has 3 aliphatic rings. The van der Waals surface area contributed by atoms with Crippen molar-refractivity contribution in [2.45, 2.75) is 44.6 Å². The fraction of sp³-hybridized carbons (Fsp3) is 0.474. The number of nitrogens with zero attached hydrogens (tertiary/aromatic N) is 4. The number of hydrogen-bond acceptors (Lipinski definition) is 6. The van der Waals surface area contributed by atoms with Crippen molar-refractivity contribution in [2.24, 2.45) is 0 Å². The molecule has 140 valence electrons. The Labute approximate surface area is 157 Å². The maximum absolute atomic E-state index is 11.3. The second-order valence-electron chi connectivity index (χ2n) is 7.61. The van der Waals surface area contributed by atoms with Crippen molar-refractivity contribution in [3.05, 3.63) is 29.6 Å². The molecule has 1 saturated carbocycles. The summed E-state index contributed by atoms with van der Waals surface area (Å²) in [5.41, 5.74) is 3.49. The highest BCUT2D eigenvalue weighted by molar-refractivity contribution is 5.84. The van der Waals surface area contributed by atoms with Gasteiger partial charge in [-0.1, -0.05) is 6.08 Å². The number of anilines is 3. The van der Waals surface area contributed by atoms with Crippen LogP contribution in [0.5, 0.6) is 0 Å². The van der Waals surface area contributed by atoms with Crippen LogP contribution in [0.1, 0.15) is 49.8 Å². The van der Waals surface area contributed by atoms with E-state index >= 15 is 0 Å². The third-order valence-electron chi connectivity index (χ3n) is 5.27. The molecule has 3 heterocycles. The summed E-state index contributed by atoms with van der Waals surface area (Å²) in [5.74, 6) is 2.91. The van der Waals surface area contributed by atoms with Crippen LogP contribution < -0.4 is 15.5 Å². The number of aromatic amines is 1. The molecule has 1 amide bonds. The molecule has 0 radical (unpaired) electrons. The van der Waals surface area contributed by atoms with Gasteiger partial charge in [-0.15, -0.1) is 0 Å². The number of allylic oxidation sites excluding steroid dienone is 2. The molecule has 27 heavy (non-hydrogen) atoms. The fourth-order valence-electron chi connectivity index (χ4n) is 3.60. The lowest BCUT2D eigenvalue weighted by atomic mass is 10.2. The molecule has 0 bridgehead atoms. The third-order valence-corrected chi connectivity index (χ3v) is 5.27. The van der Waals surface area contributed by atoms with Gasteiger partial charge in [-0.2, -0.15) is 10.1 Å². The first-order chi connectivity index (χ1) is 13.2. The standard InChI is InChI=1S/C19H23N7O/c1-11(27)21-14-6-7-26(10-14)19-20-9-15(12-2-3-12)18(23-19)22-17-8-16(24-25-17)13-4-5-13/h2,8-9,13-14H,3-7,10H2,1H3,(H,21,27)(H2,20,22,23,24,25). The van der Waals surface area contributed by atoms with Gasteiger partial charge in [0.15, 0.2) is 5.82 Å². The van der Waals surface area contributed by atoms with E-state index in [0.717, 1.165) is 43.1 Å². The predicted octanol–water partition coefficient (Wildman–Crippen LogP) is 2.32. The quantitative estimate of drug-likeness (QED) is 0.727. The van der Waals surface area contributed by atoms with E-state index in [1.807, 2.05) is 6.20 Å². The van der Waals surface area contributed by atoms with Gasteiger partial charge in [0.1, 0.15) is 5.82 Å². The van der Waals surface area contributed by atoms with Gasteiger partial charge in [0.25, 0.3) is 0 Å². The van der Waals surface area contributed by atoms with E-state index in [2.05, 4.69) is 42.9 Å². The van der Waals surface area contributed by atoms with Crippen LogP contribution in [-0.2, 0) is 4.79 Å². The summed E-state index contributed by atoms with van der Waals surface area (Å²) >= 11 is 0. The monoisotopic (exact) mass is 365 g/mol. The van der Waals surface area contributed by atoms with Crippen molar-refractivity contribution >= 4 is 29.1 Å². The molecule has 2 aliphatic carbocycles. The largest absolute Gasteiger partial charge is 0.352 e. The second kappa shape index (κ2) is 6.37. The zero-order valence-corrected chi connectivity index (χ0v) is 15.3. The van der Waals surface area contributed by atoms with Gasteiger partial charge >= 0.3 is 0 Å². The van der Waals surface area contributed by atoms with Gasteiger partial charge in [0.05, 0.1) is 0 Å². The number of rotatable bonds is 6. The molecule has 0 aromatic carbocycles. The van der Waals surface area contributed by atoms with E-state index < -0.39 is 0 Å². The number of H-pyrrole nitrogens is 1. The molecule has 8 nitrogen and oxygen atoms in total. The van der Waals surface area contributed by atoms with Crippen molar-refractivity contribution in [1.82, 2.24) is 25.5 Å². The Balaban J connectivity index is 1.37. The van der Waals surface area contributed by atoms with E-state index in [-0.39, 0.29) is 11.9 Å². The second-order valence-corrected chi connectivity index (χ2v) is 7.61. The lowest BCUT2D eigenvalue weighted by Crippen LogP contribution is -2.35. The van der Waals surface area contributed by atoms with E-state index in [9.17, 15) is 4.79 Å². The highest BCUT2D eigenvalue weighted by Crippen LogP contribution is 2.40. The molecular formula is C19H23N7O. The molecule has 3 N–H and O–H groups in total. The van der Waals surface area contributed by atoms with Gasteiger partial charge < -0.3 is 15.5 Å². The number of carbonyl (C=O) groups is 1. The van der Waals surface area contributed by atoms with Gasteiger partial charge in [-0.25, -0.2) is 4.98 Å². The highest BCUT2D eigenvalue weighted by Gasteiger charge is 2.28. The normalized spacial score (nSPS) is 21.1. The molecule has 1 aliphatic heterocycles. The van der Waals surface area contributed by atoms with Gasteiger partial charge in [-0.3, -0.25) is 9.89 Å². The van der Waals surface area contributed by atoms with Crippen LogP contribution in [0.2, 0.25) is 0 Å². The molecule has 0 spiro atoms. The Morgan fingerprint density at radius 3 is 2.93 bits per heavy atom. The molecule has 5 rings (SSSR count). The summed E-state index contributed by atoms with van der Waals surface area (Å²) in [4.78, 5) is 22.8. The van der Waals surface area contributed by atoms with Crippen LogP contribution in [0, 0.1) is 0 Å². The summed E-state index contributed by atoms with van der Waals surface area (Å²) in [6.07, 6.45) is 8.43. The lowest BCUT2D eigenvalue weighted by molar-refractivity contribution is -0.119. The topological polar surface area (TPSA) is 98.8 Å². The molecular weight excluding hydrogens is 342 g/mol. The minimum absolute atomic E-state index is 0.00569. The van der Waals surface area contributed by atoms with Crippen LogP contribution in [0.3, 0.4) is 0 Å². The lowest BCUT2D eigenvalue weighted by Gasteiger charge is -2.18. The molecule has 1 atom stereocenters. The van der Waals surface area contributed by atoms with E-state index in [0.29, 0.717) is 11.9 Å². The number of aromatic nitrogens is 4.